The Balaban J connectivity index is 1.90. The van der Waals surface area contributed by atoms with E-state index < -0.39 is 11.9 Å². The van der Waals surface area contributed by atoms with Crippen molar-refractivity contribution < 1.29 is 19.4 Å². The number of aromatic hydroxyl groups is 1. The molecule has 25 heavy (non-hydrogen) atoms. The number of rotatable bonds is 3. The highest BCUT2D eigenvalue weighted by Gasteiger charge is 2.16. The van der Waals surface area contributed by atoms with Gasteiger partial charge in [-0.25, -0.2) is 4.79 Å². The van der Waals surface area contributed by atoms with Crippen molar-refractivity contribution in [3.8, 4) is 5.75 Å². The lowest BCUT2D eigenvalue weighted by Crippen LogP contribution is -2.13. The fourth-order valence-corrected chi connectivity index (χ4v) is 2.54. The molecule has 0 saturated carbocycles. The number of amides is 1. The Morgan fingerprint density at radius 2 is 1.76 bits per heavy atom. The summed E-state index contributed by atoms with van der Waals surface area (Å²) < 4.78 is 4.62. The van der Waals surface area contributed by atoms with E-state index in [4.69, 9.17) is 5.73 Å². The summed E-state index contributed by atoms with van der Waals surface area (Å²) in [5.41, 5.74) is 7.02. The van der Waals surface area contributed by atoms with Crippen LogP contribution in [0.25, 0.3) is 10.8 Å². The number of anilines is 2. The maximum atomic E-state index is 12.5. The molecule has 0 aliphatic carbocycles. The van der Waals surface area contributed by atoms with Crippen LogP contribution in [-0.4, -0.2) is 24.1 Å². The molecule has 0 bridgehead atoms. The van der Waals surface area contributed by atoms with Crippen LogP contribution < -0.4 is 11.1 Å². The second kappa shape index (κ2) is 6.52. The van der Waals surface area contributed by atoms with Gasteiger partial charge in [-0.3, -0.25) is 4.79 Å². The quantitative estimate of drug-likeness (QED) is 0.387. The molecule has 0 fully saturated rings. The van der Waals surface area contributed by atoms with E-state index in [1.165, 1.54) is 19.2 Å². The molecule has 0 radical (unpaired) electrons. The van der Waals surface area contributed by atoms with Crippen molar-refractivity contribution in [3.05, 3.63) is 65.7 Å². The fourth-order valence-electron chi connectivity index (χ4n) is 2.54. The Hall–Kier alpha value is -3.54. The number of ether oxygens (including phenoxy) is 1. The van der Waals surface area contributed by atoms with E-state index in [2.05, 4.69) is 10.1 Å². The maximum absolute atomic E-state index is 12.5. The van der Waals surface area contributed by atoms with Crippen molar-refractivity contribution in [1.29, 1.82) is 0 Å². The standard InChI is InChI=1S/C19H16N2O4/c1-25-19(24)11-6-8-13(9-7-11)21-18(23)15-10-12-4-2-3-5-14(12)16(20)17(15)22/h2-10,22H,20H2,1H3,(H,21,23). The predicted octanol–water partition coefficient (Wildman–Crippen LogP) is 3.17. The molecular formula is C19H16N2O4. The van der Waals surface area contributed by atoms with E-state index in [-0.39, 0.29) is 17.0 Å². The van der Waals surface area contributed by atoms with Crippen LogP contribution in [-0.2, 0) is 4.74 Å². The molecule has 4 N–H and O–H groups in total. The molecule has 0 aliphatic heterocycles. The largest absolute Gasteiger partial charge is 0.505 e. The minimum absolute atomic E-state index is 0.0771. The van der Waals surface area contributed by atoms with Gasteiger partial charge in [0, 0.05) is 11.1 Å². The van der Waals surface area contributed by atoms with Gasteiger partial charge in [-0.05, 0) is 35.7 Å². The first-order valence-electron chi connectivity index (χ1n) is 7.51. The number of fused-ring (bicyclic) bond motifs is 1. The molecule has 0 aromatic heterocycles. The first kappa shape index (κ1) is 16.3. The van der Waals surface area contributed by atoms with Crippen LogP contribution in [0.3, 0.4) is 0 Å². The first-order valence-corrected chi connectivity index (χ1v) is 7.51. The van der Waals surface area contributed by atoms with Crippen LogP contribution in [0.15, 0.2) is 54.6 Å². The molecule has 1 amide bonds. The number of esters is 1. The molecule has 126 valence electrons. The van der Waals surface area contributed by atoms with Crippen molar-refractivity contribution in [3.63, 3.8) is 0 Å². The number of nitrogens with one attached hydrogen (secondary N) is 1. The minimum Gasteiger partial charge on any atom is -0.505 e. The van der Waals surface area contributed by atoms with Crippen molar-refractivity contribution in [2.75, 3.05) is 18.2 Å². The monoisotopic (exact) mass is 336 g/mol. The topological polar surface area (TPSA) is 102 Å². The van der Waals surface area contributed by atoms with Crippen LogP contribution in [0, 0.1) is 0 Å². The number of carbonyl (C=O) groups is 2. The highest BCUT2D eigenvalue weighted by molar-refractivity contribution is 6.12. The Morgan fingerprint density at radius 3 is 2.44 bits per heavy atom. The smallest absolute Gasteiger partial charge is 0.337 e. The average molecular weight is 336 g/mol. The number of phenolic OH excluding ortho intramolecular Hbond substituents is 1. The second-order valence-electron chi connectivity index (χ2n) is 5.43. The van der Waals surface area contributed by atoms with Crippen molar-refractivity contribution in [2.24, 2.45) is 0 Å². The second-order valence-corrected chi connectivity index (χ2v) is 5.43. The van der Waals surface area contributed by atoms with Gasteiger partial charge in [-0.2, -0.15) is 0 Å². The summed E-state index contributed by atoms with van der Waals surface area (Å²) in [4.78, 5) is 23.9. The number of carbonyl (C=O) groups excluding carboxylic acids is 2. The number of phenols is 1. The normalized spacial score (nSPS) is 10.4. The van der Waals surface area contributed by atoms with Crippen molar-refractivity contribution in [2.45, 2.75) is 0 Å². The molecule has 3 aromatic rings. The molecule has 3 rings (SSSR count). The van der Waals surface area contributed by atoms with E-state index in [9.17, 15) is 14.7 Å². The highest BCUT2D eigenvalue weighted by Crippen LogP contribution is 2.33. The van der Waals surface area contributed by atoms with E-state index >= 15 is 0 Å². The zero-order chi connectivity index (χ0) is 18.0. The molecule has 0 aliphatic rings. The van der Waals surface area contributed by atoms with Gasteiger partial charge in [0.2, 0.25) is 0 Å². The highest BCUT2D eigenvalue weighted by atomic mass is 16.5. The third kappa shape index (κ3) is 3.10. The van der Waals surface area contributed by atoms with E-state index in [1.807, 2.05) is 12.1 Å². The summed E-state index contributed by atoms with van der Waals surface area (Å²) >= 11 is 0. The van der Waals surface area contributed by atoms with Crippen LogP contribution in [0.4, 0.5) is 11.4 Å². The molecule has 6 heteroatoms. The molecule has 6 nitrogen and oxygen atoms in total. The van der Waals surface area contributed by atoms with E-state index in [1.54, 1.807) is 30.3 Å². The van der Waals surface area contributed by atoms with Gasteiger partial charge in [0.1, 0.15) is 0 Å². The van der Waals surface area contributed by atoms with Crippen LogP contribution in [0.2, 0.25) is 0 Å². The number of hydrogen-bond donors (Lipinski definition) is 3. The Bertz CT molecular complexity index is 965. The summed E-state index contributed by atoms with van der Waals surface area (Å²) in [6.07, 6.45) is 0. The molecule has 3 aromatic carbocycles. The van der Waals surface area contributed by atoms with Crippen LogP contribution >= 0.6 is 0 Å². The maximum Gasteiger partial charge on any atom is 0.337 e. The predicted molar refractivity (Wildman–Crippen MR) is 95.8 cm³/mol. The van der Waals surface area contributed by atoms with Gasteiger partial charge in [-0.1, -0.05) is 24.3 Å². The van der Waals surface area contributed by atoms with Gasteiger partial charge >= 0.3 is 5.97 Å². The molecule has 0 unspecified atom stereocenters. The Morgan fingerprint density at radius 1 is 1.08 bits per heavy atom. The third-order valence-electron chi connectivity index (χ3n) is 3.87. The molecule has 0 atom stereocenters. The lowest BCUT2D eigenvalue weighted by Gasteiger charge is -2.11. The summed E-state index contributed by atoms with van der Waals surface area (Å²) in [6, 6.07) is 15.0. The summed E-state index contributed by atoms with van der Waals surface area (Å²) in [5, 5.41) is 14.3. The number of nitrogen functional groups attached to an aromatic ring is 1. The summed E-state index contributed by atoms with van der Waals surface area (Å²) in [5.74, 6) is -1.22. The van der Waals surface area contributed by atoms with Gasteiger partial charge in [0.15, 0.2) is 5.75 Å². The van der Waals surface area contributed by atoms with Crippen LogP contribution in [0.5, 0.6) is 5.75 Å². The summed E-state index contributed by atoms with van der Waals surface area (Å²) in [7, 11) is 1.30. The number of hydrogen-bond acceptors (Lipinski definition) is 5. The van der Waals surface area contributed by atoms with Gasteiger partial charge in [0.25, 0.3) is 5.91 Å². The average Bonchev–Trinajstić information content (AvgIpc) is 2.64. The molecular weight excluding hydrogens is 320 g/mol. The van der Waals surface area contributed by atoms with Crippen molar-refractivity contribution in [1.82, 2.24) is 0 Å². The third-order valence-corrected chi connectivity index (χ3v) is 3.87. The molecule has 0 heterocycles. The number of methoxy groups -OCH3 is 1. The lowest BCUT2D eigenvalue weighted by atomic mass is 10.0. The van der Waals surface area contributed by atoms with E-state index in [0.29, 0.717) is 16.6 Å². The first-order chi connectivity index (χ1) is 12.0. The van der Waals surface area contributed by atoms with E-state index in [0.717, 1.165) is 5.39 Å². The zero-order valence-electron chi connectivity index (χ0n) is 13.4. The summed E-state index contributed by atoms with van der Waals surface area (Å²) in [6.45, 7) is 0. The van der Waals surface area contributed by atoms with Gasteiger partial charge < -0.3 is 20.9 Å². The Kier molecular flexibility index (Phi) is 4.26. The Labute approximate surface area is 143 Å². The number of benzene rings is 3. The molecule has 0 saturated heterocycles. The zero-order valence-corrected chi connectivity index (χ0v) is 13.4. The van der Waals surface area contributed by atoms with Crippen LogP contribution in [0.1, 0.15) is 20.7 Å². The minimum atomic E-state index is -0.499. The lowest BCUT2D eigenvalue weighted by molar-refractivity contribution is 0.0600. The SMILES string of the molecule is COC(=O)c1ccc(NC(=O)c2cc3ccccc3c(N)c2O)cc1. The molecule has 0 spiro atoms. The fraction of sp³-hybridized carbons (Fsp3) is 0.0526. The van der Waals surface area contributed by atoms with Gasteiger partial charge in [-0.15, -0.1) is 0 Å². The van der Waals surface area contributed by atoms with Gasteiger partial charge in [0.05, 0.1) is 23.9 Å². The number of nitrogens with two attached hydrogens (primary N) is 1. The van der Waals surface area contributed by atoms with Crippen molar-refractivity contribution >= 4 is 34.0 Å².